The molecular weight excluding hydrogens is 343 g/mol. The van der Waals surface area contributed by atoms with Crippen molar-refractivity contribution in [3.05, 3.63) is 57.6 Å². The summed E-state index contributed by atoms with van der Waals surface area (Å²) >= 11 is 12.0. The molecule has 2 aromatic carbocycles. The fourth-order valence-electron chi connectivity index (χ4n) is 2.54. The molecule has 1 unspecified atom stereocenters. The lowest BCUT2D eigenvalue weighted by Gasteiger charge is -2.27. The molecule has 0 fully saturated rings. The number of ether oxygens (including phenoxy) is 1. The molecule has 0 bridgehead atoms. The molecule has 0 amide bonds. The molecule has 116 valence electrons. The van der Waals surface area contributed by atoms with E-state index in [-0.39, 0.29) is 6.10 Å². The molecular formula is C16H14Cl2O3S. The van der Waals surface area contributed by atoms with Crippen LogP contribution in [0.2, 0.25) is 10.0 Å². The van der Waals surface area contributed by atoms with Crippen molar-refractivity contribution >= 4 is 33.0 Å². The van der Waals surface area contributed by atoms with Crippen molar-refractivity contribution in [3.63, 3.8) is 0 Å². The molecule has 3 rings (SSSR count). The zero-order chi connectivity index (χ0) is 15.9. The minimum Gasteiger partial charge on any atom is -0.485 e. The predicted molar refractivity (Wildman–Crippen MR) is 87.7 cm³/mol. The van der Waals surface area contributed by atoms with Gasteiger partial charge in [0.25, 0.3) is 0 Å². The average Bonchev–Trinajstić information content (AvgIpc) is 2.48. The van der Waals surface area contributed by atoms with Gasteiger partial charge in [-0.2, -0.15) is 0 Å². The first-order valence-electron chi connectivity index (χ1n) is 6.79. The first-order chi connectivity index (χ1) is 10.3. The molecule has 1 heterocycles. The van der Waals surface area contributed by atoms with Crippen LogP contribution in [0.3, 0.4) is 0 Å². The van der Waals surface area contributed by atoms with Crippen LogP contribution in [0.15, 0.2) is 41.3 Å². The third-order valence-electron chi connectivity index (χ3n) is 3.72. The topological polar surface area (TPSA) is 43.4 Å². The Morgan fingerprint density at radius 1 is 1.09 bits per heavy atom. The highest BCUT2D eigenvalue weighted by molar-refractivity contribution is 7.90. The number of fused-ring (bicyclic) bond motifs is 1. The van der Waals surface area contributed by atoms with E-state index in [9.17, 15) is 8.42 Å². The summed E-state index contributed by atoms with van der Waals surface area (Å²) in [7, 11) is -3.20. The van der Waals surface area contributed by atoms with Crippen LogP contribution >= 0.6 is 23.2 Å². The van der Waals surface area contributed by atoms with E-state index in [1.807, 2.05) is 12.1 Å². The Bertz CT molecular complexity index is 831. The molecule has 0 saturated heterocycles. The fraction of sp³-hybridized carbons (Fsp3) is 0.250. The van der Waals surface area contributed by atoms with E-state index in [1.54, 1.807) is 24.3 Å². The van der Waals surface area contributed by atoms with Crippen LogP contribution in [0.4, 0.5) is 0 Å². The Balaban J connectivity index is 1.89. The lowest BCUT2D eigenvalue weighted by molar-refractivity contribution is 0.176. The summed E-state index contributed by atoms with van der Waals surface area (Å²) in [6.07, 6.45) is 2.62. The van der Waals surface area contributed by atoms with Crippen LogP contribution in [-0.4, -0.2) is 14.7 Å². The predicted octanol–water partition coefficient (Wildman–Crippen LogP) is 4.46. The van der Waals surface area contributed by atoms with Crippen LogP contribution in [0.25, 0.3) is 0 Å². The van der Waals surface area contributed by atoms with E-state index < -0.39 is 9.84 Å². The number of sulfone groups is 1. The van der Waals surface area contributed by atoms with Crippen molar-refractivity contribution in [1.29, 1.82) is 0 Å². The minimum atomic E-state index is -3.20. The summed E-state index contributed by atoms with van der Waals surface area (Å²) in [4.78, 5) is 0.322. The maximum absolute atomic E-state index is 11.6. The van der Waals surface area contributed by atoms with Crippen LogP contribution in [0, 0.1) is 0 Å². The van der Waals surface area contributed by atoms with E-state index in [1.165, 1.54) is 6.26 Å². The summed E-state index contributed by atoms with van der Waals surface area (Å²) in [6.45, 7) is 0. The van der Waals surface area contributed by atoms with Gasteiger partial charge < -0.3 is 4.74 Å². The minimum absolute atomic E-state index is 0.105. The van der Waals surface area contributed by atoms with Crippen molar-refractivity contribution in [2.24, 2.45) is 0 Å². The lowest BCUT2D eigenvalue weighted by atomic mass is 9.97. The Kier molecular flexibility index (Phi) is 4.10. The van der Waals surface area contributed by atoms with Crippen molar-refractivity contribution in [2.45, 2.75) is 23.8 Å². The van der Waals surface area contributed by atoms with Gasteiger partial charge in [0.15, 0.2) is 9.84 Å². The zero-order valence-corrected chi connectivity index (χ0v) is 14.2. The van der Waals surface area contributed by atoms with Crippen molar-refractivity contribution in [2.75, 3.05) is 6.26 Å². The molecule has 0 spiro atoms. The van der Waals surface area contributed by atoms with Crippen LogP contribution in [-0.2, 0) is 16.3 Å². The molecule has 0 aliphatic carbocycles. The number of halogens is 2. The standard InChI is InChI=1S/C16H14Cl2O3S/c1-22(19,20)12-4-7-16-10(8-12)3-6-15(21-16)11-2-5-13(17)14(18)9-11/h2,4-5,7-9,15H,3,6H2,1H3. The van der Waals surface area contributed by atoms with Gasteiger partial charge in [-0.3, -0.25) is 0 Å². The van der Waals surface area contributed by atoms with E-state index in [4.69, 9.17) is 27.9 Å². The van der Waals surface area contributed by atoms with Gasteiger partial charge in [0, 0.05) is 6.26 Å². The van der Waals surface area contributed by atoms with Crippen LogP contribution in [0.1, 0.15) is 23.7 Å². The van der Waals surface area contributed by atoms with Crippen molar-refractivity contribution < 1.29 is 13.2 Å². The van der Waals surface area contributed by atoms with E-state index in [0.717, 1.165) is 29.7 Å². The molecule has 1 atom stereocenters. The molecule has 22 heavy (non-hydrogen) atoms. The van der Waals surface area contributed by atoms with Gasteiger partial charge in [0.05, 0.1) is 14.9 Å². The number of rotatable bonds is 2. The van der Waals surface area contributed by atoms with Gasteiger partial charge in [-0.05, 0) is 54.3 Å². The van der Waals surface area contributed by atoms with Gasteiger partial charge in [-0.25, -0.2) is 8.42 Å². The van der Waals surface area contributed by atoms with Crippen LogP contribution < -0.4 is 4.74 Å². The highest BCUT2D eigenvalue weighted by Gasteiger charge is 2.23. The number of benzene rings is 2. The maximum atomic E-state index is 11.6. The van der Waals surface area contributed by atoms with E-state index in [0.29, 0.717) is 14.9 Å². The molecule has 0 saturated carbocycles. The smallest absolute Gasteiger partial charge is 0.175 e. The largest absolute Gasteiger partial charge is 0.485 e. The first kappa shape index (κ1) is 15.7. The molecule has 1 aliphatic rings. The summed E-state index contributed by atoms with van der Waals surface area (Å²) in [5.74, 6) is 0.717. The zero-order valence-electron chi connectivity index (χ0n) is 11.8. The second-order valence-corrected chi connectivity index (χ2v) is 8.19. The van der Waals surface area contributed by atoms with Crippen LogP contribution in [0.5, 0.6) is 5.75 Å². The molecule has 2 aromatic rings. The van der Waals surface area contributed by atoms with E-state index >= 15 is 0 Å². The second kappa shape index (κ2) is 5.76. The molecule has 3 nitrogen and oxygen atoms in total. The third-order valence-corrected chi connectivity index (χ3v) is 5.57. The average molecular weight is 357 g/mol. The van der Waals surface area contributed by atoms with Gasteiger partial charge in [0.1, 0.15) is 11.9 Å². The second-order valence-electron chi connectivity index (χ2n) is 5.36. The highest BCUT2D eigenvalue weighted by atomic mass is 35.5. The Morgan fingerprint density at radius 2 is 1.86 bits per heavy atom. The summed E-state index contributed by atoms with van der Waals surface area (Å²) < 4.78 is 29.2. The fourth-order valence-corrected chi connectivity index (χ4v) is 3.52. The number of aryl methyl sites for hydroxylation is 1. The van der Waals surface area contributed by atoms with Crippen molar-refractivity contribution in [1.82, 2.24) is 0 Å². The molecule has 0 N–H and O–H groups in total. The Hall–Kier alpha value is -1.23. The lowest BCUT2D eigenvalue weighted by Crippen LogP contribution is -2.15. The molecule has 0 aromatic heterocycles. The first-order valence-corrected chi connectivity index (χ1v) is 9.44. The third kappa shape index (κ3) is 3.09. The molecule has 0 radical (unpaired) electrons. The van der Waals surface area contributed by atoms with Gasteiger partial charge >= 0.3 is 0 Å². The Morgan fingerprint density at radius 3 is 2.55 bits per heavy atom. The summed E-state index contributed by atoms with van der Waals surface area (Å²) in [5.41, 5.74) is 1.88. The highest BCUT2D eigenvalue weighted by Crippen LogP contribution is 2.37. The van der Waals surface area contributed by atoms with Gasteiger partial charge in [0.2, 0.25) is 0 Å². The maximum Gasteiger partial charge on any atom is 0.175 e. The monoisotopic (exact) mass is 356 g/mol. The quantitative estimate of drug-likeness (QED) is 0.797. The Labute approximate surface area is 139 Å². The normalized spacial score (nSPS) is 17.7. The summed E-state index contributed by atoms with van der Waals surface area (Å²) in [6, 6.07) is 10.4. The molecule has 6 heteroatoms. The van der Waals surface area contributed by atoms with Gasteiger partial charge in [-0.1, -0.05) is 29.3 Å². The SMILES string of the molecule is CS(=O)(=O)c1ccc2c(c1)CCC(c1ccc(Cl)c(Cl)c1)O2. The summed E-state index contributed by atoms with van der Waals surface area (Å²) in [5, 5.41) is 1.01. The number of hydrogen-bond acceptors (Lipinski definition) is 3. The van der Waals surface area contributed by atoms with Gasteiger partial charge in [-0.15, -0.1) is 0 Å². The van der Waals surface area contributed by atoms with Crippen molar-refractivity contribution in [3.8, 4) is 5.75 Å². The number of hydrogen-bond donors (Lipinski definition) is 0. The molecule has 1 aliphatic heterocycles. The van der Waals surface area contributed by atoms with E-state index in [2.05, 4.69) is 0 Å².